The zero-order valence-corrected chi connectivity index (χ0v) is 18.5. The number of nitrogens with zero attached hydrogens (tertiary/aromatic N) is 1. The van der Waals surface area contributed by atoms with Gasteiger partial charge in [-0.15, -0.1) is 0 Å². The van der Waals surface area contributed by atoms with Crippen LogP contribution in [0.2, 0.25) is 0 Å². The van der Waals surface area contributed by atoms with Gasteiger partial charge in [0, 0.05) is 25.8 Å². The first-order valence-electron chi connectivity index (χ1n) is 10.7. The quantitative estimate of drug-likeness (QED) is 0.712. The van der Waals surface area contributed by atoms with E-state index >= 15 is 0 Å². The normalized spacial score (nSPS) is 31.8. The van der Waals surface area contributed by atoms with Crippen LogP contribution in [0.4, 0.5) is 5.69 Å². The summed E-state index contributed by atoms with van der Waals surface area (Å²) >= 11 is 0. The van der Waals surface area contributed by atoms with Crippen molar-refractivity contribution in [3.8, 4) is 0 Å². The zero-order valence-electron chi connectivity index (χ0n) is 17.6. The van der Waals surface area contributed by atoms with Crippen LogP contribution in [0.15, 0.2) is 29.2 Å². The predicted molar refractivity (Wildman–Crippen MR) is 114 cm³/mol. The molecular weight excluding hydrogens is 386 g/mol. The van der Waals surface area contributed by atoms with Crippen molar-refractivity contribution in [3.63, 3.8) is 0 Å². The van der Waals surface area contributed by atoms with E-state index in [4.69, 9.17) is 0 Å². The van der Waals surface area contributed by atoms with E-state index in [-0.39, 0.29) is 17.3 Å². The lowest BCUT2D eigenvalue weighted by molar-refractivity contribution is -0.116. The third-order valence-electron chi connectivity index (χ3n) is 7.47. The molecule has 4 saturated carbocycles. The number of nitrogens with one attached hydrogen (secondary N) is 2. The van der Waals surface area contributed by atoms with E-state index in [1.807, 2.05) is 0 Å². The fourth-order valence-corrected chi connectivity index (χ4v) is 7.27. The van der Waals surface area contributed by atoms with E-state index in [2.05, 4.69) is 17.6 Å². The van der Waals surface area contributed by atoms with Gasteiger partial charge in [-0.1, -0.05) is 6.07 Å². The standard InChI is InChI=1S/C22H33N3O3S/c1-15(22-11-16-7-17(12-22)9-18(8-16)13-22)23-14-21(26)24-19-5-4-6-20(10-19)29(27,28)25(2)3/h4-6,10,15-18,23H,7-9,11-14H2,1-3H3,(H,24,26)/t15-,16?,17?,18?,22?/m1/s1. The molecule has 4 fully saturated rings. The maximum atomic E-state index is 12.5. The summed E-state index contributed by atoms with van der Waals surface area (Å²) in [6.45, 7) is 2.48. The molecule has 2 N–H and O–H groups in total. The van der Waals surface area contributed by atoms with Crippen LogP contribution < -0.4 is 10.6 Å². The van der Waals surface area contributed by atoms with Gasteiger partial charge >= 0.3 is 0 Å². The monoisotopic (exact) mass is 419 g/mol. The van der Waals surface area contributed by atoms with Gasteiger partial charge in [0.2, 0.25) is 15.9 Å². The van der Waals surface area contributed by atoms with E-state index in [1.165, 1.54) is 63.0 Å². The van der Waals surface area contributed by atoms with Crippen molar-refractivity contribution in [2.24, 2.45) is 23.2 Å². The molecule has 160 valence electrons. The summed E-state index contributed by atoms with van der Waals surface area (Å²) in [6, 6.07) is 6.74. The van der Waals surface area contributed by atoms with Gasteiger partial charge in [0.25, 0.3) is 0 Å². The van der Waals surface area contributed by atoms with Crippen LogP contribution in [-0.2, 0) is 14.8 Å². The van der Waals surface area contributed by atoms with Crippen molar-refractivity contribution in [3.05, 3.63) is 24.3 Å². The lowest BCUT2D eigenvalue weighted by Gasteiger charge is -2.59. The molecule has 0 saturated heterocycles. The Morgan fingerprint density at radius 3 is 2.28 bits per heavy atom. The second-order valence-corrected chi connectivity index (χ2v) is 11.9. The summed E-state index contributed by atoms with van der Waals surface area (Å²) < 4.78 is 25.8. The minimum atomic E-state index is -3.52. The number of carbonyl (C=O) groups is 1. The SMILES string of the molecule is C[C@@H](NCC(=O)Nc1cccc(S(=O)(=O)N(C)C)c1)C12CC3CC(CC(C3)C1)C2. The highest BCUT2D eigenvalue weighted by Crippen LogP contribution is 2.61. The smallest absolute Gasteiger partial charge is 0.242 e. The van der Waals surface area contributed by atoms with E-state index in [0.29, 0.717) is 17.1 Å². The third-order valence-corrected chi connectivity index (χ3v) is 9.28. The highest BCUT2D eigenvalue weighted by Gasteiger charge is 2.52. The minimum Gasteiger partial charge on any atom is -0.325 e. The maximum Gasteiger partial charge on any atom is 0.242 e. The first-order chi connectivity index (χ1) is 13.7. The van der Waals surface area contributed by atoms with Gasteiger partial charge in [-0.25, -0.2) is 12.7 Å². The number of hydrogen-bond acceptors (Lipinski definition) is 4. The van der Waals surface area contributed by atoms with Gasteiger partial charge in [-0.05, 0) is 86.8 Å². The molecule has 7 heteroatoms. The highest BCUT2D eigenvalue weighted by atomic mass is 32.2. The van der Waals surface area contributed by atoms with Crippen LogP contribution in [-0.4, -0.2) is 45.3 Å². The van der Waals surface area contributed by atoms with Crippen molar-refractivity contribution in [2.45, 2.75) is 56.4 Å². The second-order valence-electron chi connectivity index (χ2n) is 9.75. The summed E-state index contributed by atoms with van der Waals surface area (Å²) in [5.41, 5.74) is 0.858. The molecule has 0 unspecified atom stereocenters. The largest absolute Gasteiger partial charge is 0.325 e. The lowest BCUT2D eigenvalue weighted by Crippen LogP contribution is -2.55. The number of rotatable bonds is 7. The molecule has 1 atom stereocenters. The molecule has 1 aromatic rings. The van der Waals surface area contributed by atoms with E-state index in [0.717, 1.165) is 17.8 Å². The molecule has 4 bridgehead atoms. The first-order valence-corrected chi connectivity index (χ1v) is 12.2. The summed E-state index contributed by atoms with van der Waals surface area (Å²) in [4.78, 5) is 12.7. The summed E-state index contributed by atoms with van der Waals surface area (Å²) in [5, 5.41) is 6.32. The number of benzene rings is 1. The van der Waals surface area contributed by atoms with Gasteiger partial charge in [-0.2, -0.15) is 0 Å². The van der Waals surface area contributed by atoms with Gasteiger partial charge in [0.1, 0.15) is 0 Å². The van der Waals surface area contributed by atoms with Crippen LogP contribution in [0.5, 0.6) is 0 Å². The molecule has 29 heavy (non-hydrogen) atoms. The number of carbonyl (C=O) groups excluding carboxylic acids is 1. The molecule has 6 nitrogen and oxygen atoms in total. The van der Waals surface area contributed by atoms with Crippen molar-refractivity contribution in [1.82, 2.24) is 9.62 Å². The second kappa shape index (κ2) is 7.67. The van der Waals surface area contributed by atoms with Crippen LogP contribution in [0, 0.1) is 23.2 Å². The van der Waals surface area contributed by atoms with Gasteiger partial charge in [0.05, 0.1) is 11.4 Å². The van der Waals surface area contributed by atoms with Gasteiger partial charge < -0.3 is 10.6 Å². The predicted octanol–water partition coefficient (Wildman–Crippen LogP) is 3.07. The van der Waals surface area contributed by atoms with E-state index in [1.54, 1.807) is 18.2 Å². The van der Waals surface area contributed by atoms with Crippen LogP contribution in [0.1, 0.15) is 45.4 Å². The number of anilines is 1. The number of hydrogen-bond donors (Lipinski definition) is 2. The molecule has 1 amide bonds. The molecule has 5 rings (SSSR count). The lowest BCUT2D eigenvalue weighted by atomic mass is 9.48. The Hall–Kier alpha value is -1.44. The van der Waals surface area contributed by atoms with Gasteiger partial charge in [-0.3, -0.25) is 4.79 Å². The molecule has 4 aliphatic carbocycles. The Bertz CT molecular complexity index is 846. The van der Waals surface area contributed by atoms with Crippen LogP contribution >= 0.6 is 0 Å². The number of sulfonamides is 1. The Labute approximate surface area is 174 Å². The van der Waals surface area contributed by atoms with E-state index in [9.17, 15) is 13.2 Å². The molecule has 0 heterocycles. The Morgan fingerprint density at radius 1 is 1.14 bits per heavy atom. The molecule has 1 aromatic carbocycles. The van der Waals surface area contributed by atoms with E-state index < -0.39 is 10.0 Å². The van der Waals surface area contributed by atoms with Crippen molar-refractivity contribution in [1.29, 1.82) is 0 Å². The van der Waals surface area contributed by atoms with Crippen LogP contribution in [0.3, 0.4) is 0 Å². The van der Waals surface area contributed by atoms with Crippen molar-refractivity contribution in [2.75, 3.05) is 26.0 Å². The molecule has 0 aromatic heterocycles. The summed E-state index contributed by atoms with van der Waals surface area (Å²) in [6.07, 6.45) is 8.16. The molecule has 0 aliphatic heterocycles. The van der Waals surface area contributed by atoms with Crippen molar-refractivity contribution >= 4 is 21.6 Å². The fraction of sp³-hybridized carbons (Fsp3) is 0.682. The minimum absolute atomic E-state index is 0.138. The first kappa shape index (κ1) is 20.8. The average Bonchev–Trinajstić information content (AvgIpc) is 2.65. The maximum absolute atomic E-state index is 12.5. The fourth-order valence-electron chi connectivity index (χ4n) is 6.32. The van der Waals surface area contributed by atoms with Gasteiger partial charge in [0.15, 0.2) is 0 Å². The zero-order chi connectivity index (χ0) is 20.8. The highest BCUT2D eigenvalue weighted by molar-refractivity contribution is 7.89. The Kier molecular flexibility index (Phi) is 5.51. The molecular formula is C22H33N3O3S. The molecule has 0 spiro atoms. The number of amides is 1. The van der Waals surface area contributed by atoms with Crippen molar-refractivity contribution < 1.29 is 13.2 Å². The molecule has 0 radical (unpaired) electrons. The Balaban J connectivity index is 1.35. The third kappa shape index (κ3) is 4.09. The average molecular weight is 420 g/mol. The molecule has 4 aliphatic rings. The topological polar surface area (TPSA) is 78.5 Å². The summed E-state index contributed by atoms with van der Waals surface area (Å²) in [7, 11) is -0.528. The summed E-state index contributed by atoms with van der Waals surface area (Å²) in [5.74, 6) is 2.53. The Morgan fingerprint density at radius 2 is 1.72 bits per heavy atom. The van der Waals surface area contributed by atoms with Crippen LogP contribution in [0.25, 0.3) is 0 Å².